The van der Waals surface area contributed by atoms with Crippen LogP contribution in [-0.4, -0.2) is 29.4 Å². The van der Waals surface area contributed by atoms with Crippen LogP contribution >= 0.6 is 11.6 Å². The molecule has 1 fully saturated rings. The monoisotopic (exact) mass is 417 g/mol. The van der Waals surface area contributed by atoms with Crippen LogP contribution in [0.1, 0.15) is 36.8 Å². The summed E-state index contributed by atoms with van der Waals surface area (Å²) in [5.41, 5.74) is 1.98. The maximum atomic E-state index is 13.2. The minimum absolute atomic E-state index is 0.210. The van der Waals surface area contributed by atoms with E-state index in [1.165, 1.54) is 16.4 Å². The molecule has 0 bridgehead atoms. The third-order valence-corrected chi connectivity index (χ3v) is 7.08. The summed E-state index contributed by atoms with van der Waals surface area (Å²) in [7, 11) is -3.69. The van der Waals surface area contributed by atoms with Crippen molar-refractivity contribution in [3.63, 3.8) is 0 Å². The number of aromatic nitrogens is 2. The lowest BCUT2D eigenvalue weighted by molar-refractivity contribution is 0.204. The van der Waals surface area contributed by atoms with Crippen LogP contribution in [0.4, 0.5) is 0 Å². The predicted molar refractivity (Wildman–Crippen MR) is 106 cm³/mol. The van der Waals surface area contributed by atoms with Gasteiger partial charge < -0.3 is 4.52 Å². The van der Waals surface area contributed by atoms with E-state index in [0.29, 0.717) is 29.7 Å². The summed E-state index contributed by atoms with van der Waals surface area (Å²) in [4.78, 5) is 4.71. The number of halogens is 1. The van der Waals surface area contributed by atoms with Gasteiger partial charge in [0, 0.05) is 17.1 Å². The molecule has 0 spiro atoms. The Hall–Kier alpha value is -2.22. The van der Waals surface area contributed by atoms with Crippen molar-refractivity contribution in [2.75, 3.05) is 6.54 Å². The smallest absolute Gasteiger partial charge is 0.245 e. The van der Waals surface area contributed by atoms with Crippen molar-refractivity contribution in [1.29, 1.82) is 0 Å². The summed E-state index contributed by atoms with van der Waals surface area (Å²) in [5.74, 6) is 0.789. The SMILES string of the molecule is Cc1ccc(-c2noc(C3CCCCN3S(=O)(=O)c3ccc(Cl)cc3)n2)cc1. The molecule has 1 aliphatic heterocycles. The van der Waals surface area contributed by atoms with Crippen LogP contribution in [0.5, 0.6) is 0 Å². The van der Waals surface area contributed by atoms with E-state index in [1.807, 2.05) is 31.2 Å². The van der Waals surface area contributed by atoms with E-state index in [4.69, 9.17) is 16.1 Å². The minimum atomic E-state index is -3.69. The minimum Gasteiger partial charge on any atom is -0.337 e. The topological polar surface area (TPSA) is 76.3 Å². The van der Waals surface area contributed by atoms with Crippen LogP contribution in [0.15, 0.2) is 57.9 Å². The average Bonchev–Trinajstić information content (AvgIpc) is 3.19. The van der Waals surface area contributed by atoms with Crippen LogP contribution in [0.25, 0.3) is 11.4 Å². The zero-order chi connectivity index (χ0) is 19.7. The highest BCUT2D eigenvalue weighted by molar-refractivity contribution is 7.89. The first-order valence-corrected chi connectivity index (χ1v) is 10.9. The van der Waals surface area contributed by atoms with Crippen molar-refractivity contribution in [3.05, 3.63) is 65.0 Å². The lowest BCUT2D eigenvalue weighted by Crippen LogP contribution is -2.38. The lowest BCUT2D eigenvalue weighted by atomic mass is 10.1. The number of nitrogens with zero attached hydrogens (tertiary/aromatic N) is 3. The Labute approximate surface area is 169 Å². The third kappa shape index (κ3) is 3.70. The van der Waals surface area contributed by atoms with Gasteiger partial charge in [-0.15, -0.1) is 0 Å². The maximum Gasteiger partial charge on any atom is 0.245 e. The van der Waals surface area contributed by atoms with Gasteiger partial charge in [-0.1, -0.05) is 53.0 Å². The molecule has 8 heteroatoms. The molecule has 0 amide bonds. The molecule has 4 rings (SSSR count). The van der Waals surface area contributed by atoms with E-state index in [0.717, 1.165) is 24.0 Å². The van der Waals surface area contributed by atoms with Gasteiger partial charge in [-0.2, -0.15) is 9.29 Å². The largest absolute Gasteiger partial charge is 0.337 e. The van der Waals surface area contributed by atoms with Gasteiger partial charge in [0.1, 0.15) is 6.04 Å². The molecule has 0 N–H and O–H groups in total. The van der Waals surface area contributed by atoms with Gasteiger partial charge in [-0.25, -0.2) is 8.42 Å². The number of aryl methyl sites for hydroxylation is 1. The molecule has 0 saturated carbocycles. The van der Waals surface area contributed by atoms with Crippen LogP contribution in [0.2, 0.25) is 5.02 Å². The molecule has 1 aliphatic rings. The highest BCUT2D eigenvalue weighted by Gasteiger charge is 2.37. The van der Waals surface area contributed by atoms with E-state index in [2.05, 4.69) is 10.1 Å². The molecular weight excluding hydrogens is 398 g/mol. The van der Waals surface area contributed by atoms with Gasteiger partial charge in [0.2, 0.25) is 21.7 Å². The van der Waals surface area contributed by atoms with Crippen molar-refractivity contribution in [3.8, 4) is 11.4 Å². The van der Waals surface area contributed by atoms with Crippen molar-refractivity contribution >= 4 is 21.6 Å². The van der Waals surface area contributed by atoms with Crippen molar-refractivity contribution in [2.45, 2.75) is 37.1 Å². The van der Waals surface area contributed by atoms with E-state index in [1.54, 1.807) is 12.1 Å². The summed E-state index contributed by atoms with van der Waals surface area (Å²) < 4.78 is 33.3. The number of piperidine rings is 1. The number of hydrogen-bond acceptors (Lipinski definition) is 5. The fraction of sp³-hybridized carbons (Fsp3) is 0.300. The Kier molecular flexibility index (Phi) is 5.23. The first-order valence-electron chi connectivity index (χ1n) is 9.13. The third-order valence-electron chi connectivity index (χ3n) is 4.91. The summed E-state index contributed by atoms with van der Waals surface area (Å²) in [6.45, 7) is 2.42. The molecular formula is C20H20ClN3O3S. The molecule has 28 heavy (non-hydrogen) atoms. The summed E-state index contributed by atoms with van der Waals surface area (Å²) in [6, 6.07) is 13.5. The van der Waals surface area contributed by atoms with Crippen LogP contribution in [0, 0.1) is 6.92 Å². The van der Waals surface area contributed by atoms with Crippen molar-refractivity contribution in [1.82, 2.24) is 14.4 Å². The zero-order valence-corrected chi connectivity index (χ0v) is 16.9. The standard InChI is InChI=1S/C20H20ClN3O3S/c1-14-5-7-15(8-6-14)19-22-20(27-23-19)18-4-2-3-13-24(18)28(25,26)17-11-9-16(21)10-12-17/h5-12,18H,2-4,13H2,1H3. The van der Waals surface area contributed by atoms with E-state index >= 15 is 0 Å². The number of hydrogen-bond donors (Lipinski definition) is 0. The second-order valence-electron chi connectivity index (χ2n) is 6.90. The Morgan fingerprint density at radius 1 is 1.07 bits per heavy atom. The molecule has 1 saturated heterocycles. The van der Waals surface area contributed by atoms with E-state index in [9.17, 15) is 8.42 Å². The van der Waals surface area contributed by atoms with Crippen LogP contribution in [0.3, 0.4) is 0 Å². The fourth-order valence-corrected chi connectivity index (χ4v) is 5.15. The molecule has 0 radical (unpaired) electrons. The fourth-order valence-electron chi connectivity index (χ4n) is 3.37. The summed E-state index contributed by atoms with van der Waals surface area (Å²) in [6.07, 6.45) is 2.34. The average molecular weight is 418 g/mol. The van der Waals surface area contributed by atoms with Gasteiger partial charge in [-0.3, -0.25) is 0 Å². The van der Waals surface area contributed by atoms with Crippen LogP contribution in [-0.2, 0) is 10.0 Å². The molecule has 1 aromatic heterocycles. The van der Waals surface area contributed by atoms with Gasteiger partial charge in [0.05, 0.1) is 4.90 Å². The number of benzene rings is 2. The summed E-state index contributed by atoms with van der Waals surface area (Å²) >= 11 is 5.90. The van der Waals surface area contributed by atoms with E-state index < -0.39 is 16.1 Å². The molecule has 146 valence electrons. The van der Waals surface area contributed by atoms with E-state index in [-0.39, 0.29) is 4.90 Å². The lowest BCUT2D eigenvalue weighted by Gasteiger charge is -2.32. The molecule has 3 aromatic rings. The van der Waals surface area contributed by atoms with Gasteiger partial charge in [0.25, 0.3) is 0 Å². The Morgan fingerprint density at radius 2 is 1.79 bits per heavy atom. The second kappa shape index (κ2) is 7.66. The van der Waals surface area contributed by atoms with Gasteiger partial charge >= 0.3 is 0 Å². The number of rotatable bonds is 4. The van der Waals surface area contributed by atoms with Gasteiger partial charge in [-0.05, 0) is 44.0 Å². The molecule has 1 atom stereocenters. The normalized spacial score (nSPS) is 18.3. The molecule has 0 aliphatic carbocycles. The zero-order valence-electron chi connectivity index (χ0n) is 15.4. The Bertz CT molecular complexity index is 1060. The van der Waals surface area contributed by atoms with Crippen LogP contribution < -0.4 is 0 Å². The highest BCUT2D eigenvalue weighted by atomic mass is 35.5. The van der Waals surface area contributed by atoms with Gasteiger partial charge in [0.15, 0.2) is 0 Å². The Morgan fingerprint density at radius 3 is 2.50 bits per heavy atom. The molecule has 1 unspecified atom stereocenters. The van der Waals surface area contributed by atoms with Crippen molar-refractivity contribution < 1.29 is 12.9 Å². The predicted octanol–water partition coefficient (Wildman–Crippen LogP) is 4.61. The first kappa shape index (κ1) is 19.1. The molecule has 2 heterocycles. The summed E-state index contributed by atoms with van der Waals surface area (Å²) in [5, 5.41) is 4.56. The Balaban J connectivity index is 1.66. The maximum absolute atomic E-state index is 13.2. The first-order chi connectivity index (χ1) is 13.4. The second-order valence-corrected chi connectivity index (χ2v) is 9.23. The highest BCUT2D eigenvalue weighted by Crippen LogP contribution is 2.35. The molecule has 6 nitrogen and oxygen atoms in total. The van der Waals surface area contributed by atoms with Crippen molar-refractivity contribution in [2.24, 2.45) is 0 Å². The number of sulfonamides is 1. The molecule has 2 aromatic carbocycles. The quantitative estimate of drug-likeness (QED) is 0.619.